The normalized spacial score (nSPS) is 10.5. The van der Waals surface area contributed by atoms with Crippen LogP contribution in [0.15, 0.2) is 45.5 Å². The highest BCUT2D eigenvalue weighted by Crippen LogP contribution is 2.21. The number of carbonyl (C=O) groups excluding carboxylic acids is 1. The van der Waals surface area contributed by atoms with E-state index in [0.717, 1.165) is 27.3 Å². The zero-order valence-electron chi connectivity index (χ0n) is 12.3. The molecule has 1 heterocycles. The molecule has 1 aromatic heterocycles. The highest BCUT2D eigenvalue weighted by Gasteiger charge is 2.04. The first-order valence-corrected chi connectivity index (χ1v) is 8.85. The van der Waals surface area contributed by atoms with Gasteiger partial charge >= 0.3 is 0 Å². The molecule has 6 heteroatoms. The molecule has 0 aliphatic heterocycles. The van der Waals surface area contributed by atoms with Gasteiger partial charge in [-0.05, 0) is 42.8 Å². The number of thioether (sulfide) groups is 1. The van der Waals surface area contributed by atoms with Gasteiger partial charge in [-0.1, -0.05) is 15.9 Å². The van der Waals surface area contributed by atoms with Crippen molar-refractivity contribution < 1.29 is 13.9 Å². The minimum atomic E-state index is -0.112. The fourth-order valence-corrected chi connectivity index (χ4v) is 2.74. The number of amides is 1. The van der Waals surface area contributed by atoms with E-state index in [1.165, 1.54) is 0 Å². The second-order valence-electron chi connectivity index (χ2n) is 4.68. The van der Waals surface area contributed by atoms with Crippen molar-refractivity contribution >= 4 is 33.6 Å². The Morgan fingerprint density at radius 2 is 2.27 bits per heavy atom. The molecule has 0 unspecified atom stereocenters. The maximum Gasteiger partial charge on any atom is 0.257 e. The quantitative estimate of drug-likeness (QED) is 0.704. The van der Waals surface area contributed by atoms with Gasteiger partial charge in [0, 0.05) is 16.8 Å². The maximum absolute atomic E-state index is 11.7. The predicted octanol–water partition coefficient (Wildman–Crippen LogP) is 3.78. The van der Waals surface area contributed by atoms with Crippen LogP contribution in [0, 0.1) is 6.92 Å². The van der Waals surface area contributed by atoms with Gasteiger partial charge in [-0.15, -0.1) is 0 Å². The topological polar surface area (TPSA) is 51.5 Å². The van der Waals surface area contributed by atoms with Crippen molar-refractivity contribution in [1.29, 1.82) is 0 Å². The smallest absolute Gasteiger partial charge is 0.257 e. The van der Waals surface area contributed by atoms with E-state index in [0.29, 0.717) is 12.3 Å². The Labute approximate surface area is 142 Å². The monoisotopic (exact) mass is 383 g/mol. The SMILES string of the molecule is Cc1cc(OCC(=O)NCCSCc2ccco2)ccc1Br. The average Bonchev–Trinajstić information content (AvgIpc) is 3.01. The Bertz CT molecular complexity index is 601. The van der Waals surface area contributed by atoms with E-state index < -0.39 is 0 Å². The third kappa shape index (κ3) is 5.77. The number of carbonyl (C=O) groups is 1. The summed E-state index contributed by atoms with van der Waals surface area (Å²) in [6.07, 6.45) is 1.67. The number of rotatable bonds is 8. The molecule has 0 radical (unpaired) electrons. The van der Waals surface area contributed by atoms with Gasteiger partial charge < -0.3 is 14.5 Å². The van der Waals surface area contributed by atoms with Crippen LogP contribution in [0.3, 0.4) is 0 Å². The van der Waals surface area contributed by atoms with Gasteiger partial charge in [-0.2, -0.15) is 11.8 Å². The molecule has 0 fully saturated rings. The molecule has 118 valence electrons. The lowest BCUT2D eigenvalue weighted by atomic mass is 10.2. The van der Waals surface area contributed by atoms with Crippen molar-refractivity contribution in [3.8, 4) is 5.75 Å². The van der Waals surface area contributed by atoms with E-state index in [4.69, 9.17) is 9.15 Å². The molecule has 1 N–H and O–H groups in total. The van der Waals surface area contributed by atoms with Crippen LogP contribution in [0.4, 0.5) is 0 Å². The molecule has 2 rings (SSSR count). The van der Waals surface area contributed by atoms with E-state index >= 15 is 0 Å². The van der Waals surface area contributed by atoms with Crippen LogP contribution >= 0.6 is 27.7 Å². The summed E-state index contributed by atoms with van der Waals surface area (Å²) in [5, 5.41) is 2.83. The summed E-state index contributed by atoms with van der Waals surface area (Å²) in [6, 6.07) is 9.46. The molecule has 2 aromatic rings. The van der Waals surface area contributed by atoms with Crippen molar-refractivity contribution in [1.82, 2.24) is 5.32 Å². The lowest BCUT2D eigenvalue weighted by molar-refractivity contribution is -0.122. The fraction of sp³-hybridized carbons (Fsp3) is 0.312. The molecule has 0 spiro atoms. The lowest BCUT2D eigenvalue weighted by Crippen LogP contribution is -2.30. The Balaban J connectivity index is 1.58. The minimum Gasteiger partial charge on any atom is -0.484 e. The largest absolute Gasteiger partial charge is 0.484 e. The zero-order valence-corrected chi connectivity index (χ0v) is 14.7. The number of halogens is 1. The minimum absolute atomic E-state index is 0.0317. The first kappa shape index (κ1) is 17.0. The van der Waals surface area contributed by atoms with Crippen LogP contribution in [0.25, 0.3) is 0 Å². The predicted molar refractivity (Wildman–Crippen MR) is 92.3 cm³/mol. The molecule has 0 saturated carbocycles. The summed E-state index contributed by atoms with van der Waals surface area (Å²) >= 11 is 5.15. The molecule has 0 aliphatic carbocycles. The van der Waals surface area contributed by atoms with Gasteiger partial charge in [0.25, 0.3) is 5.91 Å². The summed E-state index contributed by atoms with van der Waals surface area (Å²) in [4.78, 5) is 11.7. The van der Waals surface area contributed by atoms with E-state index in [-0.39, 0.29) is 12.5 Å². The summed E-state index contributed by atoms with van der Waals surface area (Å²) in [5.74, 6) is 3.19. The molecule has 1 amide bonds. The molecule has 0 aliphatic rings. The number of hydrogen-bond acceptors (Lipinski definition) is 4. The van der Waals surface area contributed by atoms with Crippen molar-refractivity contribution in [2.24, 2.45) is 0 Å². The second-order valence-corrected chi connectivity index (χ2v) is 6.64. The van der Waals surface area contributed by atoms with Crippen LogP contribution in [-0.2, 0) is 10.5 Å². The van der Waals surface area contributed by atoms with Crippen LogP contribution in [0.1, 0.15) is 11.3 Å². The van der Waals surface area contributed by atoms with Crippen molar-refractivity contribution in [2.75, 3.05) is 18.9 Å². The van der Waals surface area contributed by atoms with Crippen LogP contribution in [0.5, 0.6) is 5.75 Å². The van der Waals surface area contributed by atoms with E-state index in [9.17, 15) is 4.79 Å². The van der Waals surface area contributed by atoms with Crippen LogP contribution in [0.2, 0.25) is 0 Å². The molecule has 0 saturated heterocycles. The van der Waals surface area contributed by atoms with Gasteiger partial charge in [0.05, 0.1) is 12.0 Å². The van der Waals surface area contributed by atoms with Gasteiger partial charge in [0.2, 0.25) is 0 Å². The lowest BCUT2D eigenvalue weighted by Gasteiger charge is -2.08. The summed E-state index contributed by atoms with van der Waals surface area (Å²) in [5.41, 5.74) is 1.08. The molecule has 22 heavy (non-hydrogen) atoms. The number of benzene rings is 1. The highest BCUT2D eigenvalue weighted by atomic mass is 79.9. The van der Waals surface area contributed by atoms with E-state index in [1.807, 2.05) is 37.3 Å². The average molecular weight is 384 g/mol. The Hall–Kier alpha value is -1.40. The number of nitrogens with one attached hydrogen (secondary N) is 1. The highest BCUT2D eigenvalue weighted by molar-refractivity contribution is 9.10. The second kappa shape index (κ2) is 8.90. The Kier molecular flexibility index (Phi) is 6.86. The summed E-state index contributed by atoms with van der Waals surface area (Å²) < 4.78 is 11.7. The maximum atomic E-state index is 11.7. The third-order valence-corrected chi connectivity index (χ3v) is 4.76. The van der Waals surface area contributed by atoms with Crippen LogP contribution in [-0.4, -0.2) is 24.8 Å². The van der Waals surface area contributed by atoms with Crippen molar-refractivity contribution in [2.45, 2.75) is 12.7 Å². The summed E-state index contributed by atoms with van der Waals surface area (Å²) in [6.45, 7) is 2.63. The van der Waals surface area contributed by atoms with Gasteiger partial charge in [-0.3, -0.25) is 4.79 Å². The van der Waals surface area contributed by atoms with Crippen LogP contribution < -0.4 is 10.1 Å². The van der Waals surface area contributed by atoms with Gasteiger partial charge in [0.15, 0.2) is 6.61 Å². The van der Waals surface area contributed by atoms with Gasteiger partial charge in [0.1, 0.15) is 11.5 Å². The van der Waals surface area contributed by atoms with Crippen molar-refractivity contribution in [3.05, 3.63) is 52.4 Å². The summed E-state index contributed by atoms with van der Waals surface area (Å²) in [7, 11) is 0. The molecular formula is C16H18BrNO3S. The number of aryl methyl sites for hydroxylation is 1. The standard InChI is InChI=1S/C16H18BrNO3S/c1-12-9-13(4-5-15(12)17)21-10-16(19)18-6-8-22-11-14-3-2-7-20-14/h2-5,7,9H,6,8,10-11H2,1H3,(H,18,19). The zero-order chi connectivity index (χ0) is 15.8. The molecule has 1 aromatic carbocycles. The van der Waals surface area contributed by atoms with Crippen molar-refractivity contribution in [3.63, 3.8) is 0 Å². The Morgan fingerprint density at radius 1 is 1.41 bits per heavy atom. The number of ether oxygens (including phenoxy) is 1. The number of furan rings is 1. The number of hydrogen-bond donors (Lipinski definition) is 1. The first-order valence-electron chi connectivity index (χ1n) is 6.91. The third-order valence-electron chi connectivity index (χ3n) is 2.89. The van der Waals surface area contributed by atoms with E-state index in [2.05, 4.69) is 21.2 Å². The Morgan fingerprint density at radius 3 is 3.00 bits per heavy atom. The molecule has 0 bridgehead atoms. The molecular weight excluding hydrogens is 366 g/mol. The molecule has 4 nitrogen and oxygen atoms in total. The first-order chi connectivity index (χ1) is 10.6. The fourth-order valence-electron chi connectivity index (χ4n) is 1.74. The van der Waals surface area contributed by atoms with E-state index in [1.54, 1.807) is 18.0 Å². The molecule has 0 atom stereocenters. The van der Waals surface area contributed by atoms with Gasteiger partial charge in [-0.25, -0.2) is 0 Å².